The highest BCUT2D eigenvalue weighted by atomic mass is 16.6. The van der Waals surface area contributed by atoms with Gasteiger partial charge in [0.1, 0.15) is 0 Å². The maximum atomic E-state index is 11.6. The molecule has 3 unspecified atom stereocenters. The first-order valence-electron chi connectivity index (χ1n) is 7.10. The van der Waals surface area contributed by atoms with Crippen molar-refractivity contribution >= 4 is 5.97 Å². The largest absolute Gasteiger partial charge is 0.453 e. The summed E-state index contributed by atoms with van der Waals surface area (Å²) in [6.07, 6.45) is 4.48. The van der Waals surface area contributed by atoms with E-state index in [0.29, 0.717) is 12.1 Å². The number of benzene rings is 1. The van der Waals surface area contributed by atoms with Gasteiger partial charge in [-0.2, -0.15) is 0 Å². The van der Waals surface area contributed by atoms with Crippen LogP contribution in [0.1, 0.15) is 38.2 Å². The van der Waals surface area contributed by atoms with E-state index >= 15 is 0 Å². The van der Waals surface area contributed by atoms with Gasteiger partial charge >= 0.3 is 5.97 Å². The molecule has 2 saturated heterocycles. The Morgan fingerprint density at radius 1 is 1.32 bits per heavy atom. The monoisotopic (exact) mass is 259 g/mol. The minimum atomic E-state index is -0.441. The van der Waals surface area contributed by atoms with Crippen molar-refractivity contribution in [3.8, 4) is 0 Å². The summed E-state index contributed by atoms with van der Waals surface area (Å²) >= 11 is 0. The lowest BCUT2D eigenvalue weighted by atomic mass is 9.85. The lowest BCUT2D eigenvalue weighted by Gasteiger charge is -2.38. The predicted molar refractivity (Wildman–Crippen MR) is 73.7 cm³/mol. The molecule has 0 saturated carbocycles. The summed E-state index contributed by atoms with van der Waals surface area (Å²) in [7, 11) is 2.17. The average molecular weight is 259 g/mol. The summed E-state index contributed by atoms with van der Waals surface area (Å²) in [6.45, 7) is 1.52. The van der Waals surface area contributed by atoms with Crippen molar-refractivity contribution in [2.75, 3.05) is 7.05 Å². The zero-order valence-corrected chi connectivity index (χ0v) is 11.6. The number of hydrogen-bond donors (Lipinski definition) is 0. The van der Waals surface area contributed by atoms with Crippen LogP contribution < -0.4 is 0 Å². The Morgan fingerprint density at radius 3 is 2.68 bits per heavy atom. The van der Waals surface area contributed by atoms with Gasteiger partial charge in [-0.3, -0.25) is 9.69 Å². The molecule has 0 aromatic heterocycles. The lowest BCUT2D eigenvalue weighted by Crippen LogP contribution is -2.46. The first kappa shape index (κ1) is 12.7. The van der Waals surface area contributed by atoms with Crippen LogP contribution in [0.2, 0.25) is 0 Å². The SMILES string of the molecule is CC(=O)OC1(c2ccccc2)CC2CCCC1N2C. The highest BCUT2D eigenvalue weighted by Gasteiger charge is 2.55. The van der Waals surface area contributed by atoms with Gasteiger partial charge < -0.3 is 4.74 Å². The first-order chi connectivity index (χ1) is 9.13. The molecule has 2 aliphatic rings. The van der Waals surface area contributed by atoms with E-state index < -0.39 is 5.60 Å². The standard InChI is InChI=1S/C16H21NO2/c1-12(18)19-16(13-7-4-3-5-8-13)11-14-9-6-10-15(16)17(14)2/h3-5,7-8,14-15H,6,9-11H2,1-2H3. The Balaban J connectivity index is 2.05. The number of likely N-dealkylation sites (N-methyl/N-ethyl adjacent to an activating group) is 1. The van der Waals surface area contributed by atoms with Gasteiger partial charge in [-0.15, -0.1) is 0 Å². The van der Waals surface area contributed by atoms with E-state index in [9.17, 15) is 4.79 Å². The molecule has 2 aliphatic heterocycles. The zero-order chi connectivity index (χ0) is 13.5. The normalized spacial score (nSPS) is 34.2. The van der Waals surface area contributed by atoms with Gasteiger partial charge in [-0.25, -0.2) is 0 Å². The Kier molecular flexibility index (Phi) is 3.09. The fourth-order valence-corrected chi connectivity index (χ4v) is 3.96. The lowest BCUT2D eigenvalue weighted by molar-refractivity contribution is -0.161. The summed E-state index contributed by atoms with van der Waals surface area (Å²) in [5, 5.41) is 0. The number of hydrogen-bond acceptors (Lipinski definition) is 3. The van der Waals surface area contributed by atoms with Crippen molar-refractivity contribution in [1.82, 2.24) is 4.90 Å². The van der Waals surface area contributed by atoms with E-state index in [1.165, 1.54) is 19.8 Å². The van der Waals surface area contributed by atoms with Gasteiger partial charge in [-0.05, 0) is 25.5 Å². The molecule has 0 spiro atoms. The molecule has 2 bridgehead atoms. The molecule has 19 heavy (non-hydrogen) atoms. The van der Waals surface area contributed by atoms with Crippen molar-refractivity contribution in [2.45, 2.75) is 50.3 Å². The maximum Gasteiger partial charge on any atom is 0.303 e. The third kappa shape index (κ3) is 1.96. The molecule has 0 amide bonds. The Hall–Kier alpha value is -1.35. The minimum Gasteiger partial charge on any atom is -0.453 e. The van der Waals surface area contributed by atoms with Crippen LogP contribution in [0.4, 0.5) is 0 Å². The number of carbonyl (C=O) groups excluding carboxylic acids is 1. The molecule has 102 valence electrons. The second-order valence-corrected chi connectivity index (χ2v) is 5.82. The van der Waals surface area contributed by atoms with Crippen molar-refractivity contribution in [3.05, 3.63) is 35.9 Å². The third-order valence-corrected chi connectivity index (χ3v) is 4.75. The highest BCUT2D eigenvalue weighted by Crippen LogP contribution is 2.49. The quantitative estimate of drug-likeness (QED) is 0.765. The van der Waals surface area contributed by atoms with Crippen molar-refractivity contribution in [3.63, 3.8) is 0 Å². The van der Waals surface area contributed by atoms with Crippen LogP contribution in [-0.2, 0) is 15.1 Å². The predicted octanol–water partition coefficient (Wildman–Crippen LogP) is 2.70. The first-order valence-corrected chi connectivity index (χ1v) is 7.10. The van der Waals surface area contributed by atoms with Crippen LogP contribution in [0, 0.1) is 0 Å². The maximum absolute atomic E-state index is 11.6. The Bertz CT molecular complexity index is 473. The highest BCUT2D eigenvalue weighted by molar-refractivity contribution is 5.67. The molecular weight excluding hydrogens is 238 g/mol. The molecule has 3 atom stereocenters. The van der Waals surface area contributed by atoms with Crippen LogP contribution >= 0.6 is 0 Å². The van der Waals surface area contributed by atoms with E-state index in [0.717, 1.165) is 18.4 Å². The Morgan fingerprint density at radius 2 is 2.05 bits per heavy atom. The van der Waals surface area contributed by atoms with Crippen LogP contribution in [0.3, 0.4) is 0 Å². The molecule has 1 aromatic carbocycles. The summed E-state index contributed by atoms with van der Waals surface area (Å²) in [5.74, 6) is -0.176. The van der Waals surface area contributed by atoms with Gasteiger partial charge in [0.25, 0.3) is 0 Å². The fourth-order valence-electron chi connectivity index (χ4n) is 3.96. The summed E-state index contributed by atoms with van der Waals surface area (Å²) in [6, 6.07) is 11.1. The summed E-state index contributed by atoms with van der Waals surface area (Å²) in [4.78, 5) is 14.0. The number of rotatable bonds is 2. The molecule has 0 radical (unpaired) electrons. The minimum absolute atomic E-state index is 0.176. The second-order valence-electron chi connectivity index (χ2n) is 5.82. The average Bonchev–Trinajstić information content (AvgIpc) is 2.57. The van der Waals surface area contributed by atoms with E-state index in [1.54, 1.807) is 0 Å². The molecule has 1 aromatic rings. The van der Waals surface area contributed by atoms with Crippen molar-refractivity contribution < 1.29 is 9.53 Å². The molecule has 0 N–H and O–H groups in total. The summed E-state index contributed by atoms with van der Waals surface area (Å²) in [5.41, 5.74) is 0.703. The van der Waals surface area contributed by atoms with Gasteiger partial charge in [0.2, 0.25) is 0 Å². The molecular formula is C16H21NO2. The second kappa shape index (κ2) is 4.64. The zero-order valence-electron chi connectivity index (χ0n) is 11.6. The number of esters is 1. The van der Waals surface area contributed by atoms with Crippen LogP contribution in [0.5, 0.6) is 0 Å². The Labute approximate surface area is 114 Å². The van der Waals surface area contributed by atoms with Crippen LogP contribution in [-0.4, -0.2) is 30.0 Å². The van der Waals surface area contributed by atoms with Crippen LogP contribution in [0.15, 0.2) is 30.3 Å². The summed E-state index contributed by atoms with van der Waals surface area (Å²) < 4.78 is 5.89. The van der Waals surface area contributed by atoms with E-state index in [-0.39, 0.29) is 5.97 Å². The van der Waals surface area contributed by atoms with E-state index in [4.69, 9.17) is 4.74 Å². The van der Waals surface area contributed by atoms with Gasteiger partial charge in [0, 0.05) is 19.4 Å². The molecule has 3 nitrogen and oxygen atoms in total. The van der Waals surface area contributed by atoms with Crippen molar-refractivity contribution in [2.24, 2.45) is 0 Å². The number of piperidine rings is 1. The number of nitrogens with zero attached hydrogens (tertiary/aromatic N) is 1. The number of fused-ring (bicyclic) bond motifs is 2. The third-order valence-electron chi connectivity index (χ3n) is 4.75. The molecule has 0 aliphatic carbocycles. The van der Waals surface area contributed by atoms with Gasteiger partial charge in [0.15, 0.2) is 5.60 Å². The van der Waals surface area contributed by atoms with E-state index in [1.807, 2.05) is 18.2 Å². The molecule has 3 rings (SSSR count). The van der Waals surface area contributed by atoms with E-state index in [2.05, 4.69) is 24.1 Å². The molecule has 2 fully saturated rings. The van der Waals surface area contributed by atoms with Crippen LogP contribution in [0.25, 0.3) is 0 Å². The number of ether oxygens (including phenoxy) is 1. The topological polar surface area (TPSA) is 29.5 Å². The molecule has 2 heterocycles. The van der Waals surface area contributed by atoms with Crippen molar-refractivity contribution in [1.29, 1.82) is 0 Å². The fraction of sp³-hybridized carbons (Fsp3) is 0.562. The number of carbonyl (C=O) groups is 1. The van der Waals surface area contributed by atoms with Gasteiger partial charge in [0.05, 0.1) is 6.04 Å². The van der Waals surface area contributed by atoms with Gasteiger partial charge in [-0.1, -0.05) is 36.8 Å². The smallest absolute Gasteiger partial charge is 0.303 e. The molecule has 3 heteroatoms.